The van der Waals surface area contributed by atoms with E-state index in [9.17, 15) is 0 Å². The van der Waals surface area contributed by atoms with E-state index in [0.717, 1.165) is 30.1 Å². The van der Waals surface area contributed by atoms with Gasteiger partial charge in [-0.05, 0) is 18.2 Å². The molecular formula is C13H19NO2S. The van der Waals surface area contributed by atoms with Gasteiger partial charge in [0.15, 0.2) is 0 Å². The quantitative estimate of drug-likeness (QED) is 0.817. The summed E-state index contributed by atoms with van der Waals surface area (Å²) in [6.45, 7) is 1.52. The monoisotopic (exact) mass is 253 g/mol. The highest BCUT2D eigenvalue weighted by Gasteiger charge is 2.27. The number of fused-ring (bicyclic) bond motifs is 1. The van der Waals surface area contributed by atoms with E-state index in [1.54, 1.807) is 7.11 Å². The van der Waals surface area contributed by atoms with Gasteiger partial charge in [0.05, 0.1) is 5.25 Å². The molecule has 0 fully saturated rings. The van der Waals surface area contributed by atoms with E-state index in [0.29, 0.717) is 11.9 Å². The number of thioether (sulfide) groups is 1. The predicted octanol–water partition coefficient (Wildman–Crippen LogP) is 2.22. The van der Waals surface area contributed by atoms with Gasteiger partial charge in [-0.25, -0.2) is 0 Å². The maximum atomic E-state index is 6.27. The van der Waals surface area contributed by atoms with Crippen molar-refractivity contribution < 1.29 is 9.47 Å². The lowest BCUT2D eigenvalue weighted by atomic mass is 10.0. The molecule has 0 bridgehead atoms. The van der Waals surface area contributed by atoms with Crippen LogP contribution in [0.3, 0.4) is 0 Å². The topological polar surface area (TPSA) is 44.5 Å². The van der Waals surface area contributed by atoms with Crippen LogP contribution in [0.5, 0.6) is 5.75 Å². The highest BCUT2D eigenvalue weighted by atomic mass is 32.2. The van der Waals surface area contributed by atoms with Crippen LogP contribution >= 0.6 is 11.8 Å². The molecule has 0 saturated carbocycles. The third-order valence-electron chi connectivity index (χ3n) is 2.91. The average molecular weight is 253 g/mol. The highest BCUT2D eigenvalue weighted by molar-refractivity contribution is 7.99. The third-order valence-corrected chi connectivity index (χ3v) is 4.29. The fourth-order valence-corrected chi connectivity index (χ4v) is 3.06. The first-order valence-electron chi connectivity index (χ1n) is 5.91. The van der Waals surface area contributed by atoms with Crippen molar-refractivity contribution in [1.82, 2.24) is 0 Å². The molecule has 0 saturated heterocycles. The molecule has 0 aromatic heterocycles. The van der Waals surface area contributed by atoms with Gasteiger partial charge < -0.3 is 15.2 Å². The molecule has 1 aliphatic rings. The number of hydrogen-bond acceptors (Lipinski definition) is 4. The number of ether oxygens (including phenoxy) is 2. The second-order valence-corrected chi connectivity index (χ2v) is 5.48. The molecule has 2 rings (SSSR count). The lowest BCUT2D eigenvalue weighted by Crippen LogP contribution is -2.34. The first-order valence-corrected chi connectivity index (χ1v) is 6.95. The number of benzene rings is 1. The van der Waals surface area contributed by atoms with Crippen LogP contribution in [0.25, 0.3) is 0 Å². The van der Waals surface area contributed by atoms with Gasteiger partial charge in [0, 0.05) is 25.3 Å². The Kier molecular flexibility index (Phi) is 4.71. The van der Waals surface area contributed by atoms with Crippen LogP contribution in [0.4, 0.5) is 0 Å². The molecule has 2 unspecified atom stereocenters. The molecule has 2 atom stereocenters. The number of methoxy groups -OCH3 is 1. The van der Waals surface area contributed by atoms with E-state index < -0.39 is 0 Å². The van der Waals surface area contributed by atoms with Gasteiger partial charge >= 0.3 is 0 Å². The zero-order valence-corrected chi connectivity index (χ0v) is 10.9. The van der Waals surface area contributed by atoms with Gasteiger partial charge in [-0.15, -0.1) is 0 Å². The third kappa shape index (κ3) is 3.15. The molecule has 1 aliphatic heterocycles. The standard InChI is InChI=1S/C13H19NO2S/c1-15-7-4-8-17-12-9-16-11-6-3-2-5-10(11)13(12)14/h2-3,5-6,12-13H,4,7-9,14H2,1H3. The van der Waals surface area contributed by atoms with E-state index in [4.69, 9.17) is 15.2 Å². The number of para-hydroxylation sites is 1. The van der Waals surface area contributed by atoms with Crippen molar-refractivity contribution in [3.63, 3.8) is 0 Å². The van der Waals surface area contributed by atoms with Gasteiger partial charge in [-0.3, -0.25) is 0 Å². The summed E-state index contributed by atoms with van der Waals surface area (Å²) < 4.78 is 10.8. The Hall–Kier alpha value is -0.710. The summed E-state index contributed by atoms with van der Waals surface area (Å²) in [4.78, 5) is 0. The minimum Gasteiger partial charge on any atom is -0.492 e. The Balaban J connectivity index is 1.90. The minimum atomic E-state index is 0.0764. The van der Waals surface area contributed by atoms with Crippen LogP contribution in [-0.2, 0) is 4.74 Å². The van der Waals surface area contributed by atoms with Crippen molar-refractivity contribution in [1.29, 1.82) is 0 Å². The van der Waals surface area contributed by atoms with Crippen LogP contribution in [0, 0.1) is 0 Å². The first-order chi connectivity index (χ1) is 8.33. The lowest BCUT2D eigenvalue weighted by Gasteiger charge is -2.30. The Morgan fingerprint density at radius 3 is 3.12 bits per heavy atom. The largest absolute Gasteiger partial charge is 0.492 e. The molecule has 1 aromatic carbocycles. The molecule has 0 aliphatic carbocycles. The Labute approximate surface area is 107 Å². The summed E-state index contributed by atoms with van der Waals surface area (Å²) in [6, 6.07) is 8.12. The van der Waals surface area contributed by atoms with Crippen molar-refractivity contribution in [3.8, 4) is 5.75 Å². The van der Waals surface area contributed by atoms with Crippen molar-refractivity contribution in [2.45, 2.75) is 17.7 Å². The van der Waals surface area contributed by atoms with Crippen molar-refractivity contribution >= 4 is 11.8 Å². The molecule has 0 amide bonds. The summed E-state index contributed by atoms with van der Waals surface area (Å²) in [5.41, 5.74) is 7.40. The van der Waals surface area contributed by atoms with Gasteiger partial charge in [-0.2, -0.15) is 11.8 Å². The normalized spacial score (nSPS) is 22.9. The highest BCUT2D eigenvalue weighted by Crippen LogP contribution is 2.35. The maximum absolute atomic E-state index is 6.27. The fourth-order valence-electron chi connectivity index (χ4n) is 1.95. The Morgan fingerprint density at radius 1 is 1.47 bits per heavy atom. The lowest BCUT2D eigenvalue weighted by molar-refractivity contribution is 0.200. The molecule has 0 spiro atoms. The molecule has 1 heterocycles. The second kappa shape index (κ2) is 6.28. The molecule has 94 valence electrons. The molecule has 0 radical (unpaired) electrons. The SMILES string of the molecule is COCCCSC1COc2ccccc2C1N. The molecule has 3 nitrogen and oxygen atoms in total. The van der Waals surface area contributed by atoms with Crippen LogP contribution in [-0.4, -0.2) is 31.3 Å². The van der Waals surface area contributed by atoms with E-state index >= 15 is 0 Å². The van der Waals surface area contributed by atoms with Gasteiger partial charge in [0.25, 0.3) is 0 Å². The number of hydrogen-bond donors (Lipinski definition) is 1. The van der Waals surface area contributed by atoms with Gasteiger partial charge in [0.1, 0.15) is 12.4 Å². The van der Waals surface area contributed by atoms with E-state index in [-0.39, 0.29) is 6.04 Å². The van der Waals surface area contributed by atoms with Crippen molar-refractivity contribution in [2.75, 3.05) is 26.1 Å². The molecular weight excluding hydrogens is 234 g/mol. The second-order valence-electron chi connectivity index (χ2n) is 4.13. The summed E-state index contributed by atoms with van der Waals surface area (Å²) in [5.74, 6) is 2.01. The van der Waals surface area contributed by atoms with Crippen LogP contribution in [0.15, 0.2) is 24.3 Å². The van der Waals surface area contributed by atoms with Crippen LogP contribution < -0.4 is 10.5 Å². The van der Waals surface area contributed by atoms with Gasteiger partial charge in [-0.1, -0.05) is 18.2 Å². The van der Waals surface area contributed by atoms with Crippen LogP contribution in [0.2, 0.25) is 0 Å². The van der Waals surface area contributed by atoms with Crippen molar-refractivity contribution in [2.24, 2.45) is 5.73 Å². The zero-order chi connectivity index (χ0) is 12.1. The Morgan fingerprint density at radius 2 is 2.29 bits per heavy atom. The number of nitrogens with two attached hydrogens (primary N) is 1. The smallest absolute Gasteiger partial charge is 0.124 e. The van der Waals surface area contributed by atoms with Crippen molar-refractivity contribution in [3.05, 3.63) is 29.8 Å². The maximum Gasteiger partial charge on any atom is 0.124 e. The van der Waals surface area contributed by atoms with E-state index in [2.05, 4.69) is 6.07 Å². The zero-order valence-electron chi connectivity index (χ0n) is 10.1. The summed E-state index contributed by atoms with van der Waals surface area (Å²) in [7, 11) is 1.73. The average Bonchev–Trinajstić information content (AvgIpc) is 2.37. The number of rotatable bonds is 5. The summed E-state index contributed by atoms with van der Waals surface area (Å²) in [6.07, 6.45) is 1.06. The summed E-state index contributed by atoms with van der Waals surface area (Å²) >= 11 is 1.88. The molecule has 2 N–H and O–H groups in total. The Bertz CT molecular complexity index is 359. The first kappa shape index (κ1) is 12.7. The van der Waals surface area contributed by atoms with Crippen LogP contribution in [0.1, 0.15) is 18.0 Å². The van der Waals surface area contributed by atoms with E-state index in [1.807, 2.05) is 30.0 Å². The minimum absolute atomic E-state index is 0.0764. The van der Waals surface area contributed by atoms with Gasteiger partial charge in [0.2, 0.25) is 0 Å². The van der Waals surface area contributed by atoms with E-state index in [1.165, 1.54) is 0 Å². The fraction of sp³-hybridized carbons (Fsp3) is 0.538. The molecule has 17 heavy (non-hydrogen) atoms. The predicted molar refractivity (Wildman–Crippen MR) is 71.6 cm³/mol. The molecule has 1 aromatic rings. The molecule has 4 heteroatoms. The summed E-state index contributed by atoms with van der Waals surface area (Å²) in [5, 5.41) is 0.349.